The van der Waals surface area contributed by atoms with Crippen molar-refractivity contribution in [1.29, 1.82) is 0 Å². The van der Waals surface area contributed by atoms with Gasteiger partial charge in [0.1, 0.15) is 0 Å². The molecule has 1 fully saturated rings. The van der Waals surface area contributed by atoms with Gasteiger partial charge in [-0.15, -0.1) is 0 Å². The van der Waals surface area contributed by atoms with E-state index in [-0.39, 0.29) is 5.97 Å². The summed E-state index contributed by atoms with van der Waals surface area (Å²) in [5.74, 6) is -0.228. The maximum Gasteiger partial charge on any atom is 0.338 e. The number of benzene rings is 1. The smallest absolute Gasteiger partial charge is 0.338 e. The van der Waals surface area contributed by atoms with Crippen LogP contribution in [0.5, 0.6) is 0 Å². The molecule has 1 saturated heterocycles. The number of piperazine rings is 1. The normalized spacial score (nSPS) is 14.9. The van der Waals surface area contributed by atoms with E-state index in [1.54, 1.807) is 0 Å². The molecule has 2 rings (SSSR count). The van der Waals surface area contributed by atoms with Crippen LogP contribution in [0.2, 0.25) is 0 Å². The molecule has 0 spiro atoms. The molecule has 0 atom stereocenters. The van der Waals surface area contributed by atoms with Gasteiger partial charge in [0.05, 0.1) is 12.2 Å². The summed E-state index contributed by atoms with van der Waals surface area (Å²) in [5.41, 5.74) is 1.94. The third kappa shape index (κ3) is 14.1. The zero-order chi connectivity index (χ0) is 25.0. The Hall–Kier alpha value is -1.39. The number of hydrogen-bond donors (Lipinski definition) is 0. The highest BCUT2D eigenvalue weighted by molar-refractivity contribution is 5.89. The van der Waals surface area contributed by atoms with Gasteiger partial charge in [0.15, 0.2) is 0 Å². The molecule has 4 nitrogen and oxygen atoms in total. The first kappa shape index (κ1) is 29.8. The topological polar surface area (TPSA) is 32.8 Å². The summed E-state index contributed by atoms with van der Waals surface area (Å²) in [6.07, 6.45) is 21.1. The molecule has 1 heterocycles. The van der Waals surface area contributed by atoms with Gasteiger partial charge in [-0.3, -0.25) is 0 Å². The predicted molar refractivity (Wildman–Crippen MR) is 149 cm³/mol. The Morgan fingerprint density at radius 2 is 1.11 bits per heavy atom. The lowest BCUT2D eigenvalue weighted by Gasteiger charge is -2.34. The Morgan fingerprint density at radius 3 is 1.60 bits per heavy atom. The first-order valence-electron chi connectivity index (χ1n) is 14.9. The largest absolute Gasteiger partial charge is 0.462 e. The van der Waals surface area contributed by atoms with Gasteiger partial charge in [0.25, 0.3) is 0 Å². The molecule has 4 heteroatoms. The molecular formula is C31H54N2O2. The lowest BCUT2D eigenvalue weighted by atomic mass is 10.0. The van der Waals surface area contributed by atoms with Crippen molar-refractivity contribution < 1.29 is 9.53 Å². The van der Waals surface area contributed by atoms with Crippen LogP contribution in [0.4, 0.5) is 0 Å². The van der Waals surface area contributed by atoms with Gasteiger partial charge in [-0.25, -0.2) is 4.79 Å². The fraction of sp³-hybridized carbons (Fsp3) is 0.774. The van der Waals surface area contributed by atoms with E-state index < -0.39 is 0 Å². The lowest BCUT2D eigenvalue weighted by molar-refractivity contribution is 0.0526. The fourth-order valence-electron chi connectivity index (χ4n) is 5.08. The second kappa shape index (κ2) is 19.8. The van der Waals surface area contributed by atoms with Gasteiger partial charge in [0, 0.05) is 32.7 Å². The van der Waals surface area contributed by atoms with Crippen LogP contribution in [0.15, 0.2) is 24.3 Å². The molecule has 0 amide bonds. The van der Waals surface area contributed by atoms with E-state index in [0.29, 0.717) is 12.2 Å². The van der Waals surface area contributed by atoms with E-state index in [4.69, 9.17) is 4.74 Å². The molecule has 0 aliphatic carbocycles. The molecule has 35 heavy (non-hydrogen) atoms. The molecule has 0 unspecified atom stereocenters. The fourth-order valence-corrected chi connectivity index (χ4v) is 5.08. The van der Waals surface area contributed by atoms with Gasteiger partial charge in [-0.1, -0.05) is 103 Å². The van der Waals surface area contributed by atoms with Crippen LogP contribution in [0.25, 0.3) is 0 Å². The SMILES string of the molecule is CCCCCCCCCCCCCCCCN1CCN(CCc2ccc(C(=O)OCC)cc2)CC1. The third-order valence-corrected chi connectivity index (χ3v) is 7.47. The van der Waals surface area contributed by atoms with E-state index in [0.717, 1.165) is 13.0 Å². The summed E-state index contributed by atoms with van der Waals surface area (Å²) >= 11 is 0. The van der Waals surface area contributed by atoms with Crippen molar-refractivity contribution in [2.24, 2.45) is 0 Å². The number of unbranched alkanes of at least 4 members (excludes halogenated alkanes) is 13. The Bertz CT molecular complexity index is 638. The van der Waals surface area contributed by atoms with E-state index in [2.05, 4.69) is 28.9 Å². The maximum atomic E-state index is 11.8. The van der Waals surface area contributed by atoms with Crippen LogP contribution < -0.4 is 0 Å². The molecule has 0 saturated carbocycles. The zero-order valence-electron chi connectivity index (χ0n) is 23.1. The minimum atomic E-state index is -0.228. The Kier molecular flexibility index (Phi) is 16.8. The first-order valence-corrected chi connectivity index (χ1v) is 14.9. The molecule has 0 aromatic heterocycles. The number of esters is 1. The molecule has 1 aliphatic rings. The number of nitrogens with zero attached hydrogens (tertiary/aromatic N) is 2. The van der Waals surface area contributed by atoms with Gasteiger partial charge < -0.3 is 14.5 Å². The van der Waals surface area contributed by atoms with Gasteiger partial charge in [-0.2, -0.15) is 0 Å². The van der Waals surface area contributed by atoms with Crippen LogP contribution in [0.3, 0.4) is 0 Å². The second-order valence-electron chi connectivity index (χ2n) is 10.4. The van der Waals surface area contributed by atoms with Crippen molar-refractivity contribution >= 4 is 5.97 Å². The number of carbonyl (C=O) groups is 1. The standard InChI is InChI=1S/C31H54N2O2/c1-3-5-6-7-8-9-10-11-12-13-14-15-16-17-23-32-25-27-33(28-26-32)24-22-29-18-20-30(21-19-29)31(34)35-4-2/h18-21H,3-17,22-28H2,1-2H3. The molecule has 1 aliphatic heterocycles. The molecule has 1 aromatic rings. The monoisotopic (exact) mass is 486 g/mol. The molecule has 0 N–H and O–H groups in total. The number of ether oxygens (including phenoxy) is 1. The predicted octanol–water partition coefficient (Wildman–Crippen LogP) is 7.50. The van der Waals surface area contributed by atoms with Crippen molar-refractivity contribution in [1.82, 2.24) is 9.80 Å². The van der Waals surface area contributed by atoms with E-state index in [1.165, 1.54) is 128 Å². The molecule has 200 valence electrons. The highest BCUT2D eigenvalue weighted by atomic mass is 16.5. The summed E-state index contributed by atoms with van der Waals surface area (Å²) in [5, 5.41) is 0. The van der Waals surface area contributed by atoms with Crippen LogP contribution in [0, 0.1) is 0 Å². The summed E-state index contributed by atoms with van der Waals surface area (Å²) in [6, 6.07) is 7.92. The zero-order valence-corrected chi connectivity index (χ0v) is 23.1. The quantitative estimate of drug-likeness (QED) is 0.141. The minimum absolute atomic E-state index is 0.228. The van der Waals surface area contributed by atoms with Crippen molar-refractivity contribution in [2.75, 3.05) is 45.9 Å². The van der Waals surface area contributed by atoms with Crippen molar-refractivity contribution in [3.8, 4) is 0 Å². The van der Waals surface area contributed by atoms with Crippen LogP contribution >= 0.6 is 0 Å². The second-order valence-corrected chi connectivity index (χ2v) is 10.4. The van der Waals surface area contributed by atoms with Crippen LogP contribution in [-0.4, -0.2) is 61.6 Å². The van der Waals surface area contributed by atoms with E-state index in [1.807, 2.05) is 19.1 Å². The van der Waals surface area contributed by atoms with Crippen molar-refractivity contribution in [3.63, 3.8) is 0 Å². The Morgan fingerprint density at radius 1 is 0.657 bits per heavy atom. The van der Waals surface area contributed by atoms with Gasteiger partial charge >= 0.3 is 5.97 Å². The molecular weight excluding hydrogens is 432 g/mol. The first-order chi connectivity index (χ1) is 17.2. The number of rotatable bonds is 20. The minimum Gasteiger partial charge on any atom is -0.462 e. The highest BCUT2D eigenvalue weighted by Crippen LogP contribution is 2.14. The number of carbonyl (C=O) groups excluding carboxylic acids is 1. The molecule has 1 aromatic carbocycles. The van der Waals surface area contributed by atoms with Crippen molar-refractivity contribution in [3.05, 3.63) is 35.4 Å². The molecule has 0 bridgehead atoms. The highest BCUT2D eigenvalue weighted by Gasteiger charge is 2.16. The van der Waals surface area contributed by atoms with Crippen LogP contribution in [0.1, 0.15) is 120 Å². The summed E-state index contributed by atoms with van der Waals surface area (Å²) in [6.45, 7) is 11.7. The summed E-state index contributed by atoms with van der Waals surface area (Å²) < 4.78 is 5.06. The Balaban J connectivity index is 1.39. The third-order valence-electron chi connectivity index (χ3n) is 7.47. The van der Waals surface area contributed by atoms with E-state index >= 15 is 0 Å². The average molecular weight is 487 g/mol. The van der Waals surface area contributed by atoms with Gasteiger partial charge in [0.2, 0.25) is 0 Å². The van der Waals surface area contributed by atoms with Crippen molar-refractivity contribution in [2.45, 2.75) is 110 Å². The Labute approximate surface area is 216 Å². The summed E-state index contributed by atoms with van der Waals surface area (Å²) in [7, 11) is 0. The van der Waals surface area contributed by atoms with Crippen LogP contribution in [-0.2, 0) is 11.2 Å². The van der Waals surface area contributed by atoms with E-state index in [9.17, 15) is 4.79 Å². The summed E-state index contributed by atoms with van der Waals surface area (Å²) in [4.78, 5) is 17.0. The lowest BCUT2D eigenvalue weighted by Crippen LogP contribution is -2.47. The molecule has 0 radical (unpaired) electrons. The maximum absolute atomic E-state index is 11.8. The average Bonchev–Trinajstić information content (AvgIpc) is 2.89. The number of hydrogen-bond acceptors (Lipinski definition) is 4. The van der Waals surface area contributed by atoms with Gasteiger partial charge in [-0.05, 0) is 44.0 Å².